The molecule has 3 aromatic rings. The maximum Gasteiger partial charge on any atom is 0.284 e. The third-order valence-electron chi connectivity index (χ3n) is 4.14. The van der Waals surface area contributed by atoms with Crippen LogP contribution in [-0.2, 0) is 11.4 Å². The van der Waals surface area contributed by atoms with Crippen molar-refractivity contribution in [2.75, 3.05) is 0 Å². The molecule has 0 saturated carbocycles. The first kappa shape index (κ1) is 18.5. The molecule has 5 heteroatoms. The number of ether oxygens (including phenoxy) is 1. The molecule has 28 heavy (non-hydrogen) atoms. The fraction of sp³-hybridized carbons (Fsp3) is 0.0435. The van der Waals surface area contributed by atoms with Crippen LogP contribution in [0.4, 0.5) is 0 Å². The molecule has 0 N–H and O–H groups in total. The minimum Gasteiger partial charge on any atom is -0.489 e. The van der Waals surface area contributed by atoms with Gasteiger partial charge in [-0.1, -0.05) is 78.0 Å². The number of rotatable bonds is 5. The maximum atomic E-state index is 12.2. The van der Waals surface area contributed by atoms with E-state index in [1.54, 1.807) is 12.1 Å². The molecule has 3 aromatic carbocycles. The molecule has 0 fully saturated rings. The lowest BCUT2D eigenvalue weighted by Gasteiger charge is -2.06. The van der Waals surface area contributed by atoms with Crippen LogP contribution in [0.15, 0.2) is 88.8 Å². The zero-order valence-corrected chi connectivity index (χ0v) is 16.4. The van der Waals surface area contributed by atoms with Crippen molar-refractivity contribution in [2.24, 2.45) is 4.99 Å². The van der Waals surface area contributed by atoms with Crippen molar-refractivity contribution >= 4 is 40.4 Å². The van der Waals surface area contributed by atoms with Crippen LogP contribution in [0.25, 0.3) is 6.08 Å². The summed E-state index contributed by atoms with van der Waals surface area (Å²) in [5.74, 6) is 0.564. The first-order chi connectivity index (χ1) is 13.7. The Hall–Kier alpha value is -2.82. The van der Waals surface area contributed by atoms with E-state index in [0.29, 0.717) is 21.6 Å². The van der Waals surface area contributed by atoms with E-state index < -0.39 is 0 Å². The summed E-state index contributed by atoms with van der Waals surface area (Å²) in [7, 11) is 0. The first-order valence-corrected chi connectivity index (χ1v) is 9.92. The second-order valence-electron chi connectivity index (χ2n) is 6.18. The van der Waals surface area contributed by atoms with Crippen molar-refractivity contribution in [3.63, 3.8) is 0 Å². The molecule has 0 saturated heterocycles. The molecule has 1 aliphatic heterocycles. The number of aliphatic imine (C=N–C) groups is 1. The van der Waals surface area contributed by atoms with Crippen LogP contribution in [0.5, 0.6) is 5.75 Å². The lowest BCUT2D eigenvalue weighted by molar-refractivity contribution is -0.113. The molecule has 0 radical (unpaired) electrons. The molecule has 1 heterocycles. The Morgan fingerprint density at radius 1 is 0.929 bits per heavy atom. The number of hydrogen-bond donors (Lipinski definition) is 0. The van der Waals surface area contributed by atoms with Gasteiger partial charge in [0.05, 0.1) is 4.91 Å². The fourth-order valence-corrected chi connectivity index (χ4v) is 3.72. The Kier molecular flexibility index (Phi) is 5.60. The normalized spacial score (nSPS) is 15.0. The molecule has 0 atom stereocenters. The number of amides is 1. The second kappa shape index (κ2) is 8.46. The average molecular weight is 406 g/mol. The van der Waals surface area contributed by atoms with Gasteiger partial charge < -0.3 is 4.74 Å². The number of halogens is 1. The van der Waals surface area contributed by atoms with Crippen molar-refractivity contribution < 1.29 is 9.53 Å². The summed E-state index contributed by atoms with van der Waals surface area (Å²) in [6, 6.07) is 25.0. The summed E-state index contributed by atoms with van der Waals surface area (Å²) >= 11 is 7.29. The Morgan fingerprint density at radius 3 is 2.36 bits per heavy atom. The molecule has 0 aromatic heterocycles. The lowest BCUT2D eigenvalue weighted by Crippen LogP contribution is -1.94. The summed E-state index contributed by atoms with van der Waals surface area (Å²) in [6.45, 7) is 0.522. The van der Waals surface area contributed by atoms with Gasteiger partial charge in [0, 0.05) is 10.6 Å². The van der Waals surface area contributed by atoms with Crippen molar-refractivity contribution in [1.82, 2.24) is 0 Å². The van der Waals surface area contributed by atoms with Crippen molar-refractivity contribution in [2.45, 2.75) is 6.61 Å². The van der Waals surface area contributed by atoms with Crippen LogP contribution in [0.3, 0.4) is 0 Å². The van der Waals surface area contributed by atoms with Gasteiger partial charge >= 0.3 is 0 Å². The summed E-state index contributed by atoms with van der Waals surface area (Å²) in [4.78, 5) is 17.0. The van der Waals surface area contributed by atoms with Crippen LogP contribution in [0.2, 0.25) is 5.02 Å². The highest BCUT2D eigenvalue weighted by atomic mass is 35.5. The molecular formula is C23H16ClNO2S. The monoisotopic (exact) mass is 405 g/mol. The quantitative estimate of drug-likeness (QED) is 0.490. The van der Waals surface area contributed by atoms with Gasteiger partial charge in [-0.25, -0.2) is 4.99 Å². The standard InChI is InChI=1S/C23H16ClNO2S/c24-19-10-8-18(9-11-19)23-25-22(26)21(28-23)14-16-6-12-20(13-7-16)27-15-17-4-2-1-3-5-17/h1-14H,15H2/b21-14-. The SMILES string of the molecule is O=C1N=C(c2ccc(Cl)cc2)S/C1=C\c1ccc(OCc2ccccc2)cc1. The first-order valence-electron chi connectivity index (χ1n) is 8.73. The van der Waals surface area contributed by atoms with Gasteiger partial charge in [-0.2, -0.15) is 0 Å². The summed E-state index contributed by atoms with van der Waals surface area (Å²) < 4.78 is 5.80. The highest BCUT2D eigenvalue weighted by Crippen LogP contribution is 2.32. The van der Waals surface area contributed by atoms with E-state index >= 15 is 0 Å². The van der Waals surface area contributed by atoms with E-state index in [1.165, 1.54) is 11.8 Å². The third-order valence-corrected chi connectivity index (χ3v) is 5.42. The van der Waals surface area contributed by atoms with Crippen molar-refractivity contribution in [3.8, 4) is 5.75 Å². The predicted octanol–water partition coefficient (Wildman–Crippen LogP) is 5.98. The highest BCUT2D eigenvalue weighted by molar-refractivity contribution is 8.19. The number of thioether (sulfide) groups is 1. The Labute approximate surface area is 172 Å². The molecule has 138 valence electrons. The number of carbonyl (C=O) groups excluding carboxylic acids is 1. The smallest absolute Gasteiger partial charge is 0.284 e. The van der Waals surface area contributed by atoms with Gasteiger partial charge in [0.15, 0.2) is 0 Å². The topological polar surface area (TPSA) is 38.7 Å². The Bertz CT molecular complexity index is 1040. The van der Waals surface area contributed by atoms with Gasteiger partial charge in [-0.05, 0) is 41.5 Å². The van der Waals surface area contributed by atoms with Gasteiger partial charge in [0.25, 0.3) is 5.91 Å². The summed E-state index contributed by atoms with van der Waals surface area (Å²) in [6.07, 6.45) is 1.85. The number of nitrogens with zero attached hydrogens (tertiary/aromatic N) is 1. The number of carbonyl (C=O) groups is 1. The van der Waals surface area contributed by atoms with Crippen molar-refractivity contribution in [1.29, 1.82) is 0 Å². The Morgan fingerprint density at radius 2 is 1.64 bits per heavy atom. The van der Waals surface area contributed by atoms with Crippen LogP contribution in [0, 0.1) is 0 Å². The number of benzene rings is 3. The van der Waals surface area contributed by atoms with Crippen LogP contribution >= 0.6 is 23.4 Å². The third kappa shape index (κ3) is 4.53. The maximum absolute atomic E-state index is 12.2. The minimum atomic E-state index is -0.223. The van der Waals surface area contributed by atoms with Gasteiger partial charge in [-0.3, -0.25) is 4.79 Å². The lowest BCUT2D eigenvalue weighted by atomic mass is 10.2. The minimum absolute atomic E-state index is 0.223. The fourth-order valence-electron chi connectivity index (χ4n) is 2.68. The van der Waals surface area contributed by atoms with Crippen molar-refractivity contribution in [3.05, 3.63) is 105 Å². The molecule has 0 spiro atoms. The zero-order valence-electron chi connectivity index (χ0n) is 14.8. The van der Waals surface area contributed by atoms with E-state index in [2.05, 4.69) is 4.99 Å². The van der Waals surface area contributed by atoms with E-state index in [-0.39, 0.29) is 5.91 Å². The van der Waals surface area contributed by atoms with Crippen LogP contribution < -0.4 is 4.74 Å². The summed E-state index contributed by atoms with van der Waals surface area (Å²) in [5.41, 5.74) is 2.93. The molecule has 3 nitrogen and oxygen atoms in total. The molecule has 0 unspecified atom stereocenters. The van der Waals surface area contributed by atoms with Crippen LogP contribution in [-0.4, -0.2) is 11.0 Å². The average Bonchev–Trinajstić information content (AvgIpc) is 3.09. The van der Waals surface area contributed by atoms with E-state index in [9.17, 15) is 4.79 Å². The molecular weight excluding hydrogens is 390 g/mol. The predicted molar refractivity (Wildman–Crippen MR) is 116 cm³/mol. The summed E-state index contributed by atoms with van der Waals surface area (Å²) in [5, 5.41) is 1.35. The molecule has 1 amide bonds. The highest BCUT2D eigenvalue weighted by Gasteiger charge is 2.22. The van der Waals surface area contributed by atoms with Crippen LogP contribution in [0.1, 0.15) is 16.7 Å². The molecule has 0 aliphatic carbocycles. The molecule has 1 aliphatic rings. The molecule has 4 rings (SSSR count). The largest absolute Gasteiger partial charge is 0.489 e. The van der Waals surface area contributed by atoms with E-state index in [1.807, 2.05) is 72.8 Å². The number of hydrogen-bond acceptors (Lipinski definition) is 3. The van der Waals surface area contributed by atoms with E-state index in [4.69, 9.17) is 16.3 Å². The van der Waals surface area contributed by atoms with Gasteiger partial charge in [0.2, 0.25) is 0 Å². The van der Waals surface area contributed by atoms with Gasteiger partial charge in [-0.15, -0.1) is 0 Å². The molecule has 0 bridgehead atoms. The second-order valence-corrected chi connectivity index (χ2v) is 7.65. The Balaban J connectivity index is 1.41. The van der Waals surface area contributed by atoms with Gasteiger partial charge in [0.1, 0.15) is 17.4 Å². The van der Waals surface area contributed by atoms with E-state index in [0.717, 1.165) is 22.4 Å². The zero-order chi connectivity index (χ0) is 19.3.